The highest BCUT2D eigenvalue weighted by Gasteiger charge is 2.34. The van der Waals surface area contributed by atoms with Gasteiger partial charge in [0.15, 0.2) is 0 Å². The number of nitrogens with two attached hydrogens (primary N) is 1. The summed E-state index contributed by atoms with van der Waals surface area (Å²) < 4.78 is 14.0. The third-order valence-electron chi connectivity index (χ3n) is 3.54. The van der Waals surface area contributed by atoms with Gasteiger partial charge in [-0.25, -0.2) is 4.39 Å². The number of hydrogen-bond acceptors (Lipinski definition) is 1. The third-order valence-corrected chi connectivity index (χ3v) is 3.54. The van der Waals surface area contributed by atoms with Gasteiger partial charge in [-0.2, -0.15) is 0 Å². The fourth-order valence-electron chi connectivity index (χ4n) is 3.43. The van der Waals surface area contributed by atoms with E-state index in [0.29, 0.717) is 11.3 Å². The van der Waals surface area contributed by atoms with Crippen molar-refractivity contribution in [1.29, 1.82) is 0 Å². The van der Waals surface area contributed by atoms with Crippen molar-refractivity contribution in [2.75, 3.05) is 5.73 Å². The quantitative estimate of drug-likeness (QED) is 0.719. The first-order valence-corrected chi connectivity index (χ1v) is 6.46. The first-order chi connectivity index (χ1) is 8.20. The lowest BCUT2D eigenvalue weighted by molar-refractivity contribution is 0.228. The summed E-state index contributed by atoms with van der Waals surface area (Å²) in [6.45, 7) is 8.87. The molecule has 0 atom stereocenters. The van der Waals surface area contributed by atoms with Gasteiger partial charge in [0.25, 0.3) is 0 Å². The maximum absolute atomic E-state index is 14.0. The summed E-state index contributed by atoms with van der Waals surface area (Å²) in [5.74, 6) is -0.213. The van der Waals surface area contributed by atoms with E-state index in [1.807, 2.05) is 0 Å². The van der Waals surface area contributed by atoms with Gasteiger partial charge in [-0.05, 0) is 41.4 Å². The molecule has 0 saturated carbocycles. The molecule has 0 bridgehead atoms. The lowest BCUT2D eigenvalue weighted by Crippen LogP contribution is -2.27. The van der Waals surface area contributed by atoms with Crippen LogP contribution in [0.1, 0.15) is 46.1 Å². The normalized spacial score (nSPS) is 21.5. The Hall–Kier alpha value is -1.31. The molecule has 1 aromatic carbocycles. The summed E-state index contributed by atoms with van der Waals surface area (Å²) in [6, 6.07) is 4.92. The maximum Gasteiger partial charge on any atom is 0.132 e. The summed E-state index contributed by atoms with van der Waals surface area (Å²) in [5, 5.41) is 0. The SMILES string of the molecule is CC1(C)C=C(c2c(N)cccc2F)CC(C)(C)C1. The smallest absolute Gasteiger partial charge is 0.132 e. The summed E-state index contributed by atoms with van der Waals surface area (Å²) in [5.41, 5.74) is 8.40. The molecular formula is C16H22FN. The van der Waals surface area contributed by atoms with Gasteiger partial charge in [0, 0.05) is 11.3 Å². The number of nitrogen functional groups attached to an aromatic ring is 1. The highest BCUT2D eigenvalue weighted by atomic mass is 19.1. The van der Waals surface area contributed by atoms with Crippen LogP contribution in [0, 0.1) is 16.6 Å². The van der Waals surface area contributed by atoms with Crippen LogP contribution in [0.5, 0.6) is 0 Å². The molecule has 2 rings (SSSR count). The molecule has 2 N–H and O–H groups in total. The first kappa shape index (κ1) is 13.1. The van der Waals surface area contributed by atoms with Crippen LogP contribution in [0.25, 0.3) is 5.57 Å². The topological polar surface area (TPSA) is 26.0 Å². The Morgan fingerprint density at radius 3 is 2.39 bits per heavy atom. The van der Waals surface area contributed by atoms with Crippen LogP contribution in [0.3, 0.4) is 0 Å². The molecule has 0 radical (unpaired) electrons. The fourth-order valence-corrected chi connectivity index (χ4v) is 3.43. The lowest BCUT2D eigenvalue weighted by Gasteiger charge is -2.39. The summed E-state index contributed by atoms with van der Waals surface area (Å²) in [4.78, 5) is 0. The number of benzene rings is 1. The molecule has 0 spiro atoms. The van der Waals surface area contributed by atoms with E-state index in [0.717, 1.165) is 18.4 Å². The minimum absolute atomic E-state index is 0.0891. The van der Waals surface area contributed by atoms with Crippen LogP contribution in [0.15, 0.2) is 24.3 Å². The predicted octanol–water partition coefficient (Wildman–Crippen LogP) is 4.64. The Bertz CT molecular complexity index is 478. The van der Waals surface area contributed by atoms with E-state index in [1.165, 1.54) is 6.07 Å². The number of rotatable bonds is 1. The van der Waals surface area contributed by atoms with Gasteiger partial charge in [0.05, 0.1) is 0 Å². The number of halogens is 1. The highest BCUT2D eigenvalue weighted by molar-refractivity contribution is 5.76. The molecule has 1 aliphatic rings. The van der Waals surface area contributed by atoms with Gasteiger partial charge in [-0.3, -0.25) is 0 Å². The third kappa shape index (κ3) is 2.58. The molecule has 0 amide bonds. The molecule has 1 nitrogen and oxygen atoms in total. The van der Waals surface area contributed by atoms with E-state index in [-0.39, 0.29) is 16.6 Å². The van der Waals surface area contributed by atoms with Crippen molar-refractivity contribution < 1.29 is 4.39 Å². The fraction of sp³-hybridized carbons (Fsp3) is 0.500. The van der Waals surface area contributed by atoms with Gasteiger partial charge in [0.2, 0.25) is 0 Å². The molecule has 2 heteroatoms. The molecule has 0 unspecified atom stereocenters. The van der Waals surface area contributed by atoms with Crippen molar-refractivity contribution in [2.24, 2.45) is 10.8 Å². The second kappa shape index (κ2) is 4.11. The minimum Gasteiger partial charge on any atom is -0.398 e. The van der Waals surface area contributed by atoms with E-state index < -0.39 is 0 Å². The maximum atomic E-state index is 14.0. The molecule has 0 saturated heterocycles. The zero-order valence-corrected chi connectivity index (χ0v) is 11.7. The van der Waals surface area contributed by atoms with E-state index in [2.05, 4.69) is 33.8 Å². The van der Waals surface area contributed by atoms with Gasteiger partial charge < -0.3 is 5.73 Å². The van der Waals surface area contributed by atoms with Crippen LogP contribution >= 0.6 is 0 Å². The summed E-state index contributed by atoms with van der Waals surface area (Å²) in [6.07, 6.45) is 4.17. The average Bonchev–Trinajstić information content (AvgIpc) is 2.11. The van der Waals surface area contributed by atoms with Crippen LogP contribution in [0.2, 0.25) is 0 Å². The highest BCUT2D eigenvalue weighted by Crippen LogP contribution is 2.48. The summed E-state index contributed by atoms with van der Waals surface area (Å²) in [7, 11) is 0. The Kier molecular flexibility index (Phi) is 3.00. The number of anilines is 1. The monoisotopic (exact) mass is 247 g/mol. The lowest BCUT2D eigenvalue weighted by atomic mass is 9.65. The Morgan fingerprint density at radius 2 is 1.83 bits per heavy atom. The second-order valence-corrected chi connectivity index (χ2v) is 6.88. The molecular weight excluding hydrogens is 225 g/mol. The van der Waals surface area contributed by atoms with Crippen LogP contribution in [-0.2, 0) is 0 Å². The first-order valence-electron chi connectivity index (χ1n) is 6.46. The second-order valence-electron chi connectivity index (χ2n) is 6.88. The Balaban J connectivity index is 2.54. The van der Waals surface area contributed by atoms with Gasteiger partial charge >= 0.3 is 0 Å². The standard InChI is InChI=1S/C16H22FN/c1-15(2)8-11(9-16(3,4)10-15)14-12(17)6-5-7-13(14)18/h5-8H,9-10,18H2,1-4H3. The van der Waals surface area contributed by atoms with E-state index in [9.17, 15) is 4.39 Å². The molecule has 0 fully saturated rings. The minimum atomic E-state index is -0.213. The van der Waals surface area contributed by atoms with Crippen molar-refractivity contribution >= 4 is 11.3 Å². The Morgan fingerprint density at radius 1 is 1.17 bits per heavy atom. The van der Waals surface area contributed by atoms with Crippen LogP contribution in [0.4, 0.5) is 10.1 Å². The van der Waals surface area contributed by atoms with Crippen molar-refractivity contribution in [1.82, 2.24) is 0 Å². The number of hydrogen-bond donors (Lipinski definition) is 1. The molecule has 98 valence electrons. The van der Waals surface area contributed by atoms with E-state index >= 15 is 0 Å². The zero-order chi connectivity index (χ0) is 13.6. The molecule has 1 aliphatic carbocycles. The zero-order valence-electron chi connectivity index (χ0n) is 11.7. The molecule has 0 heterocycles. The van der Waals surface area contributed by atoms with Gasteiger partial charge in [-0.15, -0.1) is 0 Å². The molecule has 18 heavy (non-hydrogen) atoms. The van der Waals surface area contributed by atoms with Gasteiger partial charge in [-0.1, -0.05) is 39.8 Å². The van der Waals surface area contributed by atoms with Crippen molar-refractivity contribution in [2.45, 2.75) is 40.5 Å². The van der Waals surface area contributed by atoms with E-state index in [1.54, 1.807) is 12.1 Å². The molecule has 1 aromatic rings. The molecule has 0 aliphatic heterocycles. The molecule has 0 aromatic heterocycles. The van der Waals surface area contributed by atoms with Crippen molar-refractivity contribution in [3.63, 3.8) is 0 Å². The van der Waals surface area contributed by atoms with Gasteiger partial charge in [0.1, 0.15) is 5.82 Å². The van der Waals surface area contributed by atoms with Crippen LogP contribution < -0.4 is 5.73 Å². The van der Waals surface area contributed by atoms with Crippen LogP contribution in [-0.4, -0.2) is 0 Å². The van der Waals surface area contributed by atoms with Crippen molar-refractivity contribution in [3.05, 3.63) is 35.7 Å². The summed E-state index contributed by atoms with van der Waals surface area (Å²) >= 11 is 0. The number of allylic oxidation sites excluding steroid dienone is 2. The predicted molar refractivity (Wildman–Crippen MR) is 75.6 cm³/mol. The largest absolute Gasteiger partial charge is 0.398 e. The average molecular weight is 247 g/mol. The van der Waals surface area contributed by atoms with Crippen molar-refractivity contribution in [3.8, 4) is 0 Å². The Labute approximate surface area is 109 Å². The van der Waals surface area contributed by atoms with E-state index in [4.69, 9.17) is 5.73 Å².